The minimum Gasteiger partial charge on any atom is -0.495 e. The second kappa shape index (κ2) is 7.02. The van der Waals surface area contributed by atoms with Crippen molar-refractivity contribution >= 4 is 28.9 Å². The molecule has 0 spiro atoms. The van der Waals surface area contributed by atoms with Gasteiger partial charge in [-0.25, -0.2) is 9.97 Å². The number of morpholine rings is 1. The Morgan fingerprint density at radius 2 is 2.00 bits per heavy atom. The van der Waals surface area contributed by atoms with E-state index in [1.807, 2.05) is 19.1 Å². The van der Waals surface area contributed by atoms with Gasteiger partial charge in [-0.3, -0.25) is 0 Å². The molecule has 1 aromatic heterocycles. The summed E-state index contributed by atoms with van der Waals surface area (Å²) in [5.41, 5.74) is 1.79. The van der Waals surface area contributed by atoms with E-state index in [4.69, 9.17) is 21.1 Å². The molecule has 1 aliphatic rings. The molecule has 0 atom stereocenters. The zero-order valence-corrected chi connectivity index (χ0v) is 13.9. The Morgan fingerprint density at radius 1 is 1.22 bits per heavy atom. The molecule has 2 heterocycles. The van der Waals surface area contributed by atoms with Gasteiger partial charge in [0.05, 0.1) is 26.0 Å². The molecule has 2 aromatic rings. The summed E-state index contributed by atoms with van der Waals surface area (Å²) in [6.45, 7) is 5.06. The number of hydrogen-bond acceptors (Lipinski definition) is 6. The van der Waals surface area contributed by atoms with E-state index in [9.17, 15) is 0 Å². The van der Waals surface area contributed by atoms with Crippen molar-refractivity contribution in [2.75, 3.05) is 43.6 Å². The number of aromatic nitrogens is 2. The number of aryl methyl sites for hydroxylation is 1. The molecule has 1 aromatic carbocycles. The first-order valence-electron chi connectivity index (χ1n) is 7.43. The third-order valence-electron chi connectivity index (χ3n) is 3.73. The van der Waals surface area contributed by atoms with Gasteiger partial charge in [-0.15, -0.1) is 0 Å². The van der Waals surface area contributed by atoms with Crippen LogP contribution in [0.25, 0.3) is 0 Å². The van der Waals surface area contributed by atoms with Gasteiger partial charge in [0.25, 0.3) is 0 Å². The van der Waals surface area contributed by atoms with Crippen LogP contribution in [-0.2, 0) is 4.74 Å². The first kappa shape index (κ1) is 15.8. The lowest BCUT2D eigenvalue weighted by atomic mass is 10.2. The minimum atomic E-state index is 0.670. The van der Waals surface area contributed by atoms with Gasteiger partial charge >= 0.3 is 0 Å². The van der Waals surface area contributed by atoms with Gasteiger partial charge < -0.3 is 19.7 Å². The van der Waals surface area contributed by atoms with E-state index in [-0.39, 0.29) is 0 Å². The molecule has 7 heteroatoms. The van der Waals surface area contributed by atoms with Crippen LogP contribution in [0, 0.1) is 6.92 Å². The van der Waals surface area contributed by atoms with Crippen molar-refractivity contribution < 1.29 is 9.47 Å². The quantitative estimate of drug-likeness (QED) is 0.927. The summed E-state index contributed by atoms with van der Waals surface area (Å²) in [5.74, 6) is 2.27. The largest absolute Gasteiger partial charge is 0.495 e. The van der Waals surface area contributed by atoms with E-state index < -0.39 is 0 Å². The lowest BCUT2D eigenvalue weighted by Crippen LogP contribution is -2.36. The molecule has 0 unspecified atom stereocenters. The van der Waals surface area contributed by atoms with Crippen LogP contribution in [0.15, 0.2) is 24.5 Å². The molecule has 0 amide bonds. The van der Waals surface area contributed by atoms with Crippen molar-refractivity contribution in [3.05, 3.63) is 35.1 Å². The van der Waals surface area contributed by atoms with E-state index in [2.05, 4.69) is 20.2 Å². The van der Waals surface area contributed by atoms with Crippen molar-refractivity contribution in [1.29, 1.82) is 0 Å². The fraction of sp³-hybridized carbons (Fsp3) is 0.375. The highest BCUT2D eigenvalue weighted by Gasteiger charge is 2.14. The maximum absolute atomic E-state index is 6.14. The maximum Gasteiger partial charge on any atom is 0.143 e. The van der Waals surface area contributed by atoms with Crippen LogP contribution in [-0.4, -0.2) is 43.4 Å². The third-order valence-corrected chi connectivity index (χ3v) is 4.14. The Morgan fingerprint density at radius 3 is 2.74 bits per heavy atom. The number of ether oxygens (including phenoxy) is 2. The number of halogens is 1. The van der Waals surface area contributed by atoms with E-state index in [0.717, 1.165) is 43.4 Å². The molecule has 23 heavy (non-hydrogen) atoms. The summed E-state index contributed by atoms with van der Waals surface area (Å²) in [6.07, 6.45) is 1.56. The summed E-state index contributed by atoms with van der Waals surface area (Å²) in [4.78, 5) is 10.8. The summed E-state index contributed by atoms with van der Waals surface area (Å²) >= 11 is 6.14. The Kier molecular flexibility index (Phi) is 4.83. The highest BCUT2D eigenvalue weighted by molar-refractivity contribution is 6.31. The Hall–Kier alpha value is -2.05. The average molecular weight is 335 g/mol. The van der Waals surface area contributed by atoms with Crippen molar-refractivity contribution in [1.82, 2.24) is 9.97 Å². The SMILES string of the molecule is COc1cc(Cl)c(C)cc1Nc1cc(N2CCOCC2)ncn1. The summed E-state index contributed by atoms with van der Waals surface area (Å²) in [7, 11) is 1.62. The lowest BCUT2D eigenvalue weighted by Gasteiger charge is -2.27. The van der Waals surface area contributed by atoms with Gasteiger partial charge in [-0.2, -0.15) is 0 Å². The maximum atomic E-state index is 6.14. The van der Waals surface area contributed by atoms with Gasteiger partial charge in [0.1, 0.15) is 23.7 Å². The number of benzene rings is 1. The highest BCUT2D eigenvalue weighted by atomic mass is 35.5. The number of nitrogens with zero attached hydrogens (tertiary/aromatic N) is 3. The standard InChI is InChI=1S/C16H19ClN4O2/c1-11-7-13(14(22-2)8-12(11)17)20-15-9-16(19-10-18-15)21-3-5-23-6-4-21/h7-10H,3-6H2,1-2H3,(H,18,19,20). The lowest BCUT2D eigenvalue weighted by molar-refractivity contribution is 0.122. The topological polar surface area (TPSA) is 59.5 Å². The molecule has 1 aliphatic heterocycles. The van der Waals surface area contributed by atoms with E-state index >= 15 is 0 Å². The average Bonchev–Trinajstić information content (AvgIpc) is 2.59. The summed E-state index contributed by atoms with van der Waals surface area (Å²) in [5, 5.41) is 3.95. The van der Waals surface area contributed by atoms with Crippen LogP contribution in [0.5, 0.6) is 5.75 Å². The number of methoxy groups -OCH3 is 1. The minimum absolute atomic E-state index is 0.670. The Balaban J connectivity index is 1.84. The smallest absolute Gasteiger partial charge is 0.143 e. The highest BCUT2D eigenvalue weighted by Crippen LogP contribution is 2.33. The van der Waals surface area contributed by atoms with E-state index in [0.29, 0.717) is 16.6 Å². The van der Waals surface area contributed by atoms with Gasteiger partial charge in [0.15, 0.2) is 0 Å². The normalized spacial score (nSPS) is 14.7. The molecule has 122 valence electrons. The fourth-order valence-corrected chi connectivity index (χ4v) is 2.60. The van der Waals surface area contributed by atoms with Crippen LogP contribution in [0.3, 0.4) is 0 Å². The fourth-order valence-electron chi connectivity index (χ4n) is 2.45. The van der Waals surface area contributed by atoms with Crippen molar-refractivity contribution in [2.45, 2.75) is 6.92 Å². The molecule has 0 bridgehead atoms. The van der Waals surface area contributed by atoms with Gasteiger partial charge in [0, 0.05) is 30.2 Å². The molecule has 0 aliphatic carbocycles. The van der Waals surface area contributed by atoms with Crippen LogP contribution < -0.4 is 15.0 Å². The van der Waals surface area contributed by atoms with Crippen LogP contribution in [0.1, 0.15) is 5.56 Å². The van der Waals surface area contributed by atoms with Crippen molar-refractivity contribution in [3.63, 3.8) is 0 Å². The summed E-state index contributed by atoms with van der Waals surface area (Å²) < 4.78 is 10.8. The predicted molar refractivity (Wildman–Crippen MR) is 91.1 cm³/mol. The first-order chi connectivity index (χ1) is 11.2. The predicted octanol–water partition coefficient (Wildman–Crippen LogP) is 3.03. The molecule has 1 N–H and O–H groups in total. The van der Waals surface area contributed by atoms with Crippen LogP contribution >= 0.6 is 11.6 Å². The molecule has 0 saturated carbocycles. The number of anilines is 3. The molecule has 0 radical (unpaired) electrons. The molecule has 3 rings (SSSR count). The second-order valence-corrected chi connectivity index (χ2v) is 5.69. The number of rotatable bonds is 4. The number of nitrogens with one attached hydrogen (secondary N) is 1. The molecule has 1 saturated heterocycles. The van der Waals surface area contributed by atoms with Crippen molar-refractivity contribution in [3.8, 4) is 5.75 Å². The van der Waals surface area contributed by atoms with E-state index in [1.165, 1.54) is 0 Å². The van der Waals surface area contributed by atoms with Crippen molar-refractivity contribution in [2.24, 2.45) is 0 Å². The molecule has 1 fully saturated rings. The third kappa shape index (κ3) is 3.65. The second-order valence-electron chi connectivity index (χ2n) is 5.29. The van der Waals surface area contributed by atoms with Gasteiger partial charge in [-0.1, -0.05) is 11.6 Å². The molecular formula is C16H19ClN4O2. The molecule has 6 nitrogen and oxygen atoms in total. The van der Waals surface area contributed by atoms with Crippen LogP contribution in [0.4, 0.5) is 17.3 Å². The van der Waals surface area contributed by atoms with Gasteiger partial charge in [0.2, 0.25) is 0 Å². The number of hydrogen-bond donors (Lipinski definition) is 1. The van der Waals surface area contributed by atoms with Gasteiger partial charge in [-0.05, 0) is 18.6 Å². The first-order valence-corrected chi connectivity index (χ1v) is 7.81. The summed E-state index contributed by atoms with van der Waals surface area (Å²) in [6, 6.07) is 5.66. The Labute approximate surface area is 140 Å². The van der Waals surface area contributed by atoms with E-state index in [1.54, 1.807) is 19.5 Å². The Bertz CT molecular complexity index is 690. The zero-order valence-electron chi connectivity index (χ0n) is 13.2. The monoisotopic (exact) mass is 334 g/mol. The zero-order chi connectivity index (χ0) is 16.2. The molecular weight excluding hydrogens is 316 g/mol. The van der Waals surface area contributed by atoms with Crippen LogP contribution in [0.2, 0.25) is 5.02 Å².